The second-order valence-corrected chi connectivity index (χ2v) is 5.71. The molecule has 0 unspecified atom stereocenters. The van der Waals surface area contributed by atoms with Crippen LogP contribution in [0.15, 0.2) is 24.3 Å². The predicted octanol–water partition coefficient (Wildman–Crippen LogP) is 1.79. The summed E-state index contributed by atoms with van der Waals surface area (Å²) in [5.41, 5.74) is 8.47. The van der Waals surface area contributed by atoms with Gasteiger partial charge >= 0.3 is 0 Å². The van der Waals surface area contributed by atoms with Gasteiger partial charge in [-0.2, -0.15) is 0 Å². The Labute approximate surface area is 109 Å². The van der Waals surface area contributed by atoms with Crippen LogP contribution in [0.5, 0.6) is 0 Å². The molecule has 3 heteroatoms. The zero-order chi connectivity index (χ0) is 13.2. The number of amides is 1. The van der Waals surface area contributed by atoms with E-state index in [1.54, 1.807) is 0 Å². The number of nitrogens with two attached hydrogens (primary N) is 1. The van der Waals surface area contributed by atoms with Gasteiger partial charge in [-0.3, -0.25) is 4.79 Å². The van der Waals surface area contributed by atoms with Crippen molar-refractivity contribution in [3.8, 4) is 0 Å². The molecule has 1 amide bonds. The predicted molar refractivity (Wildman–Crippen MR) is 73.3 cm³/mol. The molecule has 1 aromatic rings. The van der Waals surface area contributed by atoms with E-state index in [1.165, 1.54) is 5.56 Å². The van der Waals surface area contributed by atoms with Crippen molar-refractivity contribution in [1.29, 1.82) is 0 Å². The first-order valence-electron chi connectivity index (χ1n) is 6.63. The maximum Gasteiger partial charge on any atom is 0.224 e. The summed E-state index contributed by atoms with van der Waals surface area (Å²) in [6, 6.07) is 8.31. The molecule has 1 aromatic carbocycles. The third-order valence-electron chi connectivity index (χ3n) is 3.35. The number of hydrogen-bond acceptors (Lipinski definition) is 2. The number of rotatable bonds is 5. The standard InChI is InChI=1S/C15H22N2O/c1-11(2)17-14(18)9-12-5-3-4-6-13(12)10-15(16)7-8-15/h3-6,11H,7-10,16H2,1-2H3,(H,17,18). The Kier molecular flexibility index (Phi) is 3.71. The largest absolute Gasteiger partial charge is 0.354 e. The van der Waals surface area contributed by atoms with Gasteiger partial charge in [-0.05, 0) is 44.2 Å². The van der Waals surface area contributed by atoms with Gasteiger partial charge in [0.15, 0.2) is 0 Å². The van der Waals surface area contributed by atoms with Gasteiger partial charge in [0, 0.05) is 11.6 Å². The van der Waals surface area contributed by atoms with E-state index in [9.17, 15) is 4.79 Å². The number of benzene rings is 1. The van der Waals surface area contributed by atoms with Gasteiger partial charge in [0.25, 0.3) is 0 Å². The Morgan fingerprint density at radius 1 is 1.33 bits per heavy atom. The summed E-state index contributed by atoms with van der Waals surface area (Å²) in [7, 11) is 0. The first-order valence-corrected chi connectivity index (χ1v) is 6.63. The highest BCUT2D eigenvalue weighted by Crippen LogP contribution is 2.36. The summed E-state index contributed by atoms with van der Waals surface area (Å²) in [6.45, 7) is 3.95. The SMILES string of the molecule is CC(C)NC(=O)Cc1ccccc1CC1(N)CC1. The van der Waals surface area contributed by atoms with Crippen LogP contribution in [0.1, 0.15) is 37.8 Å². The molecule has 0 bridgehead atoms. The van der Waals surface area contributed by atoms with Crippen LogP contribution >= 0.6 is 0 Å². The van der Waals surface area contributed by atoms with Crippen LogP contribution in [0.25, 0.3) is 0 Å². The molecule has 18 heavy (non-hydrogen) atoms. The zero-order valence-corrected chi connectivity index (χ0v) is 11.2. The van der Waals surface area contributed by atoms with Crippen molar-refractivity contribution >= 4 is 5.91 Å². The van der Waals surface area contributed by atoms with E-state index in [0.717, 1.165) is 24.8 Å². The van der Waals surface area contributed by atoms with Gasteiger partial charge in [-0.15, -0.1) is 0 Å². The third-order valence-corrected chi connectivity index (χ3v) is 3.35. The molecule has 0 aliphatic heterocycles. The highest BCUT2D eigenvalue weighted by Gasteiger charge is 2.38. The van der Waals surface area contributed by atoms with Crippen LogP contribution in [0, 0.1) is 0 Å². The van der Waals surface area contributed by atoms with Crippen molar-refractivity contribution < 1.29 is 4.79 Å². The van der Waals surface area contributed by atoms with Crippen LogP contribution in [0.2, 0.25) is 0 Å². The van der Waals surface area contributed by atoms with Crippen LogP contribution in [0.4, 0.5) is 0 Å². The van der Waals surface area contributed by atoms with Gasteiger partial charge in [0.2, 0.25) is 5.91 Å². The molecule has 0 saturated heterocycles. The first-order chi connectivity index (χ1) is 8.48. The molecular weight excluding hydrogens is 224 g/mol. The summed E-state index contributed by atoms with van der Waals surface area (Å²) in [5.74, 6) is 0.0827. The lowest BCUT2D eigenvalue weighted by Gasteiger charge is -2.14. The minimum Gasteiger partial charge on any atom is -0.354 e. The second-order valence-electron chi connectivity index (χ2n) is 5.71. The van der Waals surface area contributed by atoms with E-state index < -0.39 is 0 Å². The van der Waals surface area contributed by atoms with Crippen LogP contribution in [0.3, 0.4) is 0 Å². The van der Waals surface area contributed by atoms with Gasteiger partial charge in [0.05, 0.1) is 6.42 Å². The summed E-state index contributed by atoms with van der Waals surface area (Å²) in [5, 5.41) is 2.93. The Bertz CT molecular complexity index is 436. The van der Waals surface area contributed by atoms with Crippen molar-refractivity contribution in [3.05, 3.63) is 35.4 Å². The Morgan fingerprint density at radius 2 is 1.94 bits per heavy atom. The van der Waals surface area contributed by atoms with E-state index in [1.807, 2.05) is 32.0 Å². The fourth-order valence-electron chi connectivity index (χ4n) is 2.17. The number of hydrogen-bond donors (Lipinski definition) is 2. The topological polar surface area (TPSA) is 55.1 Å². The average Bonchev–Trinajstić information content (AvgIpc) is 2.98. The summed E-state index contributed by atoms with van der Waals surface area (Å²) >= 11 is 0. The average molecular weight is 246 g/mol. The summed E-state index contributed by atoms with van der Waals surface area (Å²) in [4.78, 5) is 11.8. The van der Waals surface area contributed by atoms with Crippen molar-refractivity contribution in [2.45, 2.75) is 51.1 Å². The highest BCUT2D eigenvalue weighted by molar-refractivity contribution is 5.79. The monoisotopic (exact) mass is 246 g/mol. The minimum absolute atomic E-state index is 0.00930. The molecule has 98 valence electrons. The Hall–Kier alpha value is -1.35. The summed E-state index contributed by atoms with van der Waals surface area (Å²) < 4.78 is 0. The molecular formula is C15H22N2O. The third kappa shape index (κ3) is 3.57. The normalized spacial score (nSPS) is 16.7. The molecule has 0 heterocycles. The molecule has 3 N–H and O–H groups in total. The smallest absolute Gasteiger partial charge is 0.224 e. The van der Waals surface area contributed by atoms with Crippen molar-refractivity contribution in [1.82, 2.24) is 5.32 Å². The maximum atomic E-state index is 11.8. The Balaban J connectivity index is 2.05. The first kappa shape index (κ1) is 13.1. The van der Waals surface area contributed by atoms with Crippen molar-refractivity contribution in [2.24, 2.45) is 5.73 Å². The van der Waals surface area contributed by atoms with Gasteiger partial charge < -0.3 is 11.1 Å². The number of carbonyl (C=O) groups excluding carboxylic acids is 1. The quantitative estimate of drug-likeness (QED) is 0.832. The minimum atomic E-state index is -0.00930. The summed E-state index contributed by atoms with van der Waals surface area (Å²) in [6.07, 6.45) is 3.53. The molecule has 0 atom stereocenters. The van der Waals surface area contributed by atoms with Gasteiger partial charge in [-0.25, -0.2) is 0 Å². The van der Waals surface area contributed by atoms with E-state index >= 15 is 0 Å². The van der Waals surface area contributed by atoms with Gasteiger partial charge in [0.1, 0.15) is 0 Å². The van der Waals surface area contributed by atoms with Crippen molar-refractivity contribution in [2.75, 3.05) is 0 Å². The Morgan fingerprint density at radius 3 is 2.50 bits per heavy atom. The molecule has 2 rings (SSSR count). The van der Waals surface area contributed by atoms with Crippen LogP contribution in [-0.4, -0.2) is 17.5 Å². The molecule has 0 aromatic heterocycles. The zero-order valence-electron chi connectivity index (χ0n) is 11.2. The van der Waals surface area contributed by atoms with Gasteiger partial charge in [-0.1, -0.05) is 24.3 Å². The van der Waals surface area contributed by atoms with E-state index in [4.69, 9.17) is 5.73 Å². The molecule has 0 radical (unpaired) electrons. The molecule has 1 aliphatic carbocycles. The maximum absolute atomic E-state index is 11.8. The fraction of sp³-hybridized carbons (Fsp3) is 0.533. The molecule has 1 aliphatic rings. The number of carbonyl (C=O) groups is 1. The molecule has 1 fully saturated rings. The van der Waals surface area contributed by atoms with Crippen LogP contribution < -0.4 is 11.1 Å². The van der Waals surface area contributed by atoms with Crippen LogP contribution in [-0.2, 0) is 17.6 Å². The molecule has 1 saturated carbocycles. The second kappa shape index (κ2) is 5.11. The molecule has 0 spiro atoms. The van der Waals surface area contributed by atoms with E-state index in [-0.39, 0.29) is 17.5 Å². The fourth-order valence-corrected chi connectivity index (χ4v) is 2.17. The lowest BCUT2D eigenvalue weighted by atomic mass is 9.97. The highest BCUT2D eigenvalue weighted by atomic mass is 16.1. The number of nitrogens with one attached hydrogen (secondary N) is 1. The lowest BCUT2D eigenvalue weighted by Crippen LogP contribution is -2.32. The molecule has 3 nitrogen and oxygen atoms in total. The van der Waals surface area contributed by atoms with Crippen molar-refractivity contribution in [3.63, 3.8) is 0 Å². The lowest BCUT2D eigenvalue weighted by molar-refractivity contribution is -0.120. The van der Waals surface area contributed by atoms with E-state index in [2.05, 4.69) is 11.4 Å². The van der Waals surface area contributed by atoms with E-state index in [0.29, 0.717) is 6.42 Å².